The zero-order valence-electron chi connectivity index (χ0n) is 20.7. The van der Waals surface area contributed by atoms with Crippen molar-refractivity contribution < 1.29 is 9.47 Å². The Balaban J connectivity index is 1.73. The maximum atomic E-state index is 6.02. The SMILES string of the molecule is CCCN1CCc2c(c(-c3ccc(OC(C)C)c(OCC)c3)nc3ccc4ccccc4c23)C1. The van der Waals surface area contributed by atoms with Crippen LogP contribution in [0, 0.1) is 0 Å². The third kappa shape index (κ3) is 4.23. The van der Waals surface area contributed by atoms with Crippen LogP contribution in [0.4, 0.5) is 0 Å². The number of rotatable bonds is 7. The Morgan fingerprint density at radius 2 is 1.82 bits per heavy atom. The molecular formula is C30H34N2O2. The van der Waals surface area contributed by atoms with E-state index >= 15 is 0 Å². The lowest BCUT2D eigenvalue weighted by molar-refractivity contribution is 0.224. The summed E-state index contributed by atoms with van der Waals surface area (Å²) >= 11 is 0. The van der Waals surface area contributed by atoms with Crippen LogP contribution in [-0.2, 0) is 13.0 Å². The molecule has 2 heterocycles. The fourth-order valence-electron chi connectivity index (χ4n) is 5.19. The highest BCUT2D eigenvalue weighted by Crippen LogP contribution is 2.40. The molecular weight excluding hydrogens is 420 g/mol. The van der Waals surface area contributed by atoms with Crippen molar-refractivity contribution in [3.8, 4) is 22.8 Å². The molecule has 0 saturated heterocycles. The van der Waals surface area contributed by atoms with Crippen LogP contribution in [0.25, 0.3) is 32.9 Å². The van der Waals surface area contributed by atoms with Crippen molar-refractivity contribution in [2.24, 2.45) is 0 Å². The number of aromatic nitrogens is 1. The molecule has 4 nitrogen and oxygen atoms in total. The lowest BCUT2D eigenvalue weighted by atomic mass is 9.89. The molecule has 0 atom stereocenters. The average molecular weight is 455 g/mol. The summed E-state index contributed by atoms with van der Waals surface area (Å²) in [6, 6.07) is 19.3. The molecule has 0 amide bonds. The summed E-state index contributed by atoms with van der Waals surface area (Å²) in [5, 5.41) is 3.89. The Bertz CT molecular complexity index is 1330. The van der Waals surface area contributed by atoms with E-state index in [0.29, 0.717) is 6.61 Å². The highest BCUT2D eigenvalue weighted by Gasteiger charge is 2.24. The molecule has 0 unspecified atom stereocenters. The van der Waals surface area contributed by atoms with Crippen LogP contribution in [0.1, 0.15) is 45.2 Å². The molecule has 4 aromatic rings. The summed E-state index contributed by atoms with van der Waals surface area (Å²) in [6.45, 7) is 12.1. The zero-order chi connectivity index (χ0) is 23.7. The van der Waals surface area contributed by atoms with E-state index in [1.54, 1.807) is 0 Å². The first-order chi connectivity index (χ1) is 16.6. The first kappa shape index (κ1) is 22.7. The maximum absolute atomic E-state index is 6.02. The van der Waals surface area contributed by atoms with Gasteiger partial charge in [0.15, 0.2) is 11.5 Å². The van der Waals surface area contributed by atoms with Crippen LogP contribution in [0.5, 0.6) is 11.5 Å². The van der Waals surface area contributed by atoms with Crippen LogP contribution in [-0.4, -0.2) is 35.7 Å². The van der Waals surface area contributed by atoms with Crippen LogP contribution in [0.15, 0.2) is 54.6 Å². The molecule has 1 aromatic heterocycles. The number of benzene rings is 3. The van der Waals surface area contributed by atoms with Crippen molar-refractivity contribution in [1.82, 2.24) is 9.88 Å². The lowest BCUT2D eigenvalue weighted by Gasteiger charge is -2.31. The molecule has 0 spiro atoms. The molecule has 5 rings (SSSR count). The molecule has 0 aliphatic carbocycles. The van der Waals surface area contributed by atoms with Gasteiger partial charge in [-0.05, 0) is 86.3 Å². The number of hydrogen-bond acceptors (Lipinski definition) is 4. The second kappa shape index (κ2) is 9.63. The maximum Gasteiger partial charge on any atom is 0.161 e. The highest BCUT2D eigenvalue weighted by molar-refractivity contribution is 6.09. The molecule has 0 radical (unpaired) electrons. The fourth-order valence-corrected chi connectivity index (χ4v) is 5.19. The standard InChI is InChI=1S/C30H34N2O2/c1-5-16-32-17-15-24-25(19-32)30(22-12-14-27(34-20(3)4)28(18-22)33-6-2)31-26-13-11-21-9-7-8-10-23(21)29(24)26/h7-14,18,20H,5-6,15-17,19H2,1-4H3. The van der Waals surface area contributed by atoms with E-state index in [1.807, 2.05) is 26.8 Å². The molecule has 0 N–H and O–H groups in total. The Kier molecular flexibility index (Phi) is 6.42. The van der Waals surface area contributed by atoms with Gasteiger partial charge >= 0.3 is 0 Å². The van der Waals surface area contributed by atoms with E-state index in [0.717, 1.165) is 60.7 Å². The predicted molar refractivity (Wildman–Crippen MR) is 141 cm³/mol. The highest BCUT2D eigenvalue weighted by atomic mass is 16.5. The van der Waals surface area contributed by atoms with Crippen LogP contribution in [0.3, 0.4) is 0 Å². The van der Waals surface area contributed by atoms with Gasteiger partial charge in [0.25, 0.3) is 0 Å². The van der Waals surface area contributed by atoms with Gasteiger partial charge in [0, 0.05) is 24.0 Å². The second-order valence-electron chi connectivity index (χ2n) is 9.39. The topological polar surface area (TPSA) is 34.6 Å². The third-order valence-electron chi connectivity index (χ3n) is 6.57. The minimum atomic E-state index is 0.0903. The summed E-state index contributed by atoms with van der Waals surface area (Å²) < 4.78 is 12.0. The smallest absolute Gasteiger partial charge is 0.161 e. The summed E-state index contributed by atoms with van der Waals surface area (Å²) in [7, 11) is 0. The van der Waals surface area contributed by atoms with Crippen molar-refractivity contribution in [3.63, 3.8) is 0 Å². The molecule has 176 valence electrons. The van der Waals surface area contributed by atoms with Crippen molar-refractivity contribution in [2.45, 2.75) is 53.2 Å². The number of ether oxygens (including phenoxy) is 2. The minimum Gasteiger partial charge on any atom is -0.490 e. The monoisotopic (exact) mass is 454 g/mol. The molecule has 34 heavy (non-hydrogen) atoms. The van der Waals surface area contributed by atoms with Gasteiger partial charge in [-0.25, -0.2) is 4.98 Å². The Morgan fingerprint density at radius 3 is 2.62 bits per heavy atom. The first-order valence-electron chi connectivity index (χ1n) is 12.6. The van der Waals surface area contributed by atoms with Gasteiger partial charge in [0.05, 0.1) is 23.9 Å². The summed E-state index contributed by atoms with van der Waals surface area (Å²) in [5.41, 5.74) is 6.02. The number of pyridine rings is 1. The van der Waals surface area contributed by atoms with Crippen molar-refractivity contribution in [2.75, 3.05) is 19.7 Å². The van der Waals surface area contributed by atoms with Gasteiger partial charge in [-0.1, -0.05) is 37.3 Å². The van der Waals surface area contributed by atoms with E-state index in [9.17, 15) is 0 Å². The van der Waals surface area contributed by atoms with Crippen molar-refractivity contribution in [1.29, 1.82) is 0 Å². The molecule has 0 saturated carbocycles. The van der Waals surface area contributed by atoms with Gasteiger partial charge in [0.1, 0.15) is 0 Å². The number of nitrogens with zero attached hydrogens (tertiary/aromatic N) is 2. The van der Waals surface area contributed by atoms with E-state index in [4.69, 9.17) is 14.5 Å². The molecule has 3 aromatic carbocycles. The van der Waals surface area contributed by atoms with E-state index < -0.39 is 0 Å². The summed E-state index contributed by atoms with van der Waals surface area (Å²) in [5.74, 6) is 1.57. The van der Waals surface area contributed by atoms with Gasteiger partial charge in [0.2, 0.25) is 0 Å². The average Bonchev–Trinajstić information content (AvgIpc) is 2.84. The molecule has 0 bridgehead atoms. The second-order valence-corrected chi connectivity index (χ2v) is 9.39. The summed E-state index contributed by atoms with van der Waals surface area (Å²) in [4.78, 5) is 7.83. The quantitative estimate of drug-likeness (QED) is 0.281. The van der Waals surface area contributed by atoms with Gasteiger partial charge in [-0.15, -0.1) is 0 Å². The van der Waals surface area contributed by atoms with Gasteiger partial charge in [-0.2, -0.15) is 0 Å². The van der Waals surface area contributed by atoms with Crippen molar-refractivity contribution >= 4 is 21.7 Å². The Morgan fingerprint density at radius 1 is 0.971 bits per heavy atom. The van der Waals surface area contributed by atoms with Gasteiger partial charge < -0.3 is 9.47 Å². The Labute approximate surface area is 202 Å². The van der Waals surface area contributed by atoms with Gasteiger partial charge in [-0.3, -0.25) is 4.90 Å². The summed E-state index contributed by atoms with van der Waals surface area (Å²) in [6.07, 6.45) is 2.29. The van der Waals surface area contributed by atoms with Crippen LogP contribution < -0.4 is 9.47 Å². The van der Waals surface area contributed by atoms with Crippen LogP contribution in [0.2, 0.25) is 0 Å². The molecule has 0 fully saturated rings. The lowest BCUT2D eigenvalue weighted by Crippen LogP contribution is -2.32. The third-order valence-corrected chi connectivity index (χ3v) is 6.57. The van der Waals surface area contributed by atoms with E-state index in [2.05, 4.69) is 60.4 Å². The van der Waals surface area contributed by atoms with Crippen molar-refractivity contribution in [3.05, 3.63) is 65.7 Å². The largest absolute Gasteiger partial charge is 0.490 e. The number of hydrogen-bond donors (Lipinski definition) is 0. The van der Waals surface area contributed by atoms with Crippen LogP contribution >= 0.6 is 0 Å². The zero-order valence-corrected chi connectivity index (χ0v) is 20.7. The molecule has 1 aliphatic rings. The van der Waals surface area contributed by atoms with E-state index in [-0.39, 0.29) is 6.10 Å². The Hall–Kier alpha value is -3.11. The predicted octanol–water partition coefficient (Wildman–Crippen LogP) is 7.01. The molecule has 1 aliphatic heterocycles. The number of fused-ring (bicyclic) bond motifs is 5. The normalized spacial score (nSPS) is 14.0. The minimum absolute atomic E-state index is 0.0903. The fraction of sp³-hybridized carbons (Fsp3) is 0.367. The first-order valence-corrected chi connectivity index (χ1v) is 12.6. The molecule has 4 heteroatoms. The van der Waals surface area contributed by atoms with E-state index in [1.165, 1.54) is 27.3 Å².